The molecule has 0 fully saturated rings. The maximum Gasteiger partial charge on any atom is 0.243 e. The van der Waals surface area contributed by atoms with E-state index in [9.17, 15) is 14.0 Å². The Kier molecular flexibility index (Phi) is 9.64. The van der Waals surface area contributed by atoms with Crippen LogP contribution in [0.15, 0.2) is 47.6 Å². The minimum atomic E-state index is -0.947. The molecule has 1 aliphatic heterocycles. The second kappa shape index (κ2) is 12.9. The van der Waals surface area contributed by atoms with Crippen LogP contribution >= 0.6 is 0 Å². The van der Waals surface area contributed by atoms with Crippen molar-refractivity contribution in [3.05, 3.63) is 53.6 Å². The van der Waals surface area contributed by atoms with E-state index in [0.29, 0.717) is 30.9 Å². The highest BCUT2D eigenvalue weighted by Crippen LogP contribution is 2.32. The largest absolute Gasteiger partial charge is 0.493 e. The van der Waals surface area contributed by atoms with Crippen LogP contribution in [0.5, 0.6) is 11.5 Å². The van der Waals surface area contributed by atoms with E-state index in [0.717, 1.165) is 48.2 Å². The first-order valence-corrected chi connectivity index (χ1v) is 12.1. The molecule has 3 rings (SSSR count). The maximum absolute atomic E-state index is 12.8. The van der Waals surface area contributed by atoms with E-state index in [4.69, 9.17) is 14.6 Å². The van der Waals surface area contributed by atoms with E-state index in [1.54, 1.807) is 18.2 Å². The summed E-state index contributed by atoms with van der Waals surface area (Å²) in [5.41, 5.74) is 3.23. The minimum Gasteiger partial charge on any atom is -0.493 e. The van der Waals surface area contributed by atoms with Crippen molar-refractivity contribution in [3.8, 4) is 11.5 Å². The van der Waals surface area contributed by atoms with Crippen LogP contribution in [0.1, 0.15) is 63.5 Å². The fraction of sp³-hybridized carbons (Fsp3) is 0.444. The predicted octanol–water partition coefficient (Wildman–Crippen LogP) is 5.68. The third kappa shape index (κ3) is 7.04. The number of methoxy groups -OCH3 is 1. The number of unbranched alkanes of at least 4 members (excludes halogenated alkanes) is 2. The first-order chi connectivity index (χ1) is 17.0. The highest BCUT2D eigenvalue weighted by molar-refractivity contribution is 6.06. The highest BCUT2D eigenvalue weighted by atomic mass is 19.1. The number of nitrogens with one attached hydrogen (secondary N) is 1. The summed E-state index contributed by atoms with van der Waals surface area (Å²) in [5.74, 6) is 0.665. The van der Waals surface area contributed by atoms with Crippen LogP contribution in [-0.2, 0) is 16.1 Å². The number of hydrazone groups is 1. The van der Waals surface area contributed by atoms with Crippen LogP contribution in [0.4, 0.5) is 10.1 Å². The van der Waals surface area contributed by atoms with Gasteiger partial charge in [0.15, 0.2) is 11.5 Å². The van der Waals surface area contributed by atoms with Crippen molar-refractivity contribution in [1.82, 2.24) is 5.01 Å². The molecule has 1 atom stereocenters. The van der Waals surface area contributed by atoms with E-state index in [1.807, 2.05) is 31.2 Å². The number of ether oxygens (including phenoxy) is 2. The van der Waals surface area contributed by atoms with Crippen molar-refractivity contribution in [2.45, 2.75) is 58.9 Å². The topological polar surface area (TPSA) is 80.2 Å². The average molecular weight is 484 g/mol. The van der Waals surface area contributed by atoms with Crippen molar-refractivity contribution >= 4 is 23.2 Å². The van der Waals surface area contributed by atoms with Crippen LogP contribution in [0.25, 0.3) is 0 Å². The molecular weight excluding hydrogens is 449 g/mol. The lowest BCUT2D eigenvalue weighted by Gasteiger charge is -2.29. The molecule has 0 radical (unpaired) electrons. The molecule has 0 spiro atoms. The van der Waals surface area contributed by atoms with Crippen LogP contribution in [-0.4, -0.2) is 36.5 Å². The summed E-state index contributed by atoms with van der Waals surface area (Å²) in [6.45, 7) is 3.51. The van der Waals surface area contributed by atoms with Gasteiger partial charge in [0, 0.05) is 30.0 Å². The number of rotatable bonds is 12. The number of carbonyl (C=O) groups excluding carboxylic acids is 2. The monoisotopic (exact) mass is 483 g/mol. The number of halogens is 1. The Bertz CT molecular complexity index is 1040. The van der Waals surface area contributed by atoms with Crippen molar-refractivity contribution < 1.29 is 23.5 Å². The number of carbonyl (C=O) groups is 2. The quantitative estimate of drug-likeness (QED) is 0.394. The standard InChI is InChI=1S/C27H34FN3O4/c1-4-6-7-8-25(32)29-22-12-9-19(10-13-22)17-31-26(33)16-20(5-2)27(30-31)21-11-14-23(35-18-28)24(15-21)34-3/h9-15,20H,4-8,16-18H2,1-3H3,(H,29,32). The van der Waals surface area contributed by atoms with Crippen LogP contribution in [0.2, 0.25) is 0 Å². The number of amides is 2. The summed E-state index contributed by atoms with van der Waals surface area (Å²) >= 11 is 0. The molecule has 0 saturated carbocycles. The Morgan fingerprint density at radius 1 is 1.14 bits per heavy atom. The molecule has 0 aromatic heterocycles. The van der Waals surface area contributed by atoms with E-state index in [2.05, 4.69) is 12.2 Å². The Hall–Kier alpha value is -3.42. The molecule has 0 saturated heterocycles. The Morgan fingerprint density at radius 3 is 2.57 bits per heavy atom. The van der Waals surface area contributed by atoms with Gasteiger partial charge in [-0.25, -0.2) is 9.40 Å². The van der Waals surface area contributed by atoms with E-state index < -0.39 is 6.86 Å². The van der Waals surface area contributed by atoms with Gasteiger partial charge in [0.1, 0.15) is 0 Å². The molecule has 35 heavy (non-hydrogen) atoms. The van der Waals surface area contributed by atoms with Gasteiger partial charge < -0.3 is 14.8 Å². The second-order valence-electron chi connectivity index (χ2n) is 8.57. The smallest absolute Gasteiger partial charge is 0.243 e. The average Bonchev–Trinajstić information content (AvgIpc) is 2.86. The number of hydrogen-bond acceptors (Lipinski definition) is 5. The van der Waals surface area contributed by atoms with Gasteiger partial charge in [-0.3, -0.25) is 9.59 Å². The molecule has 0 bridgehead atoms. The molecule has 1 heterocycles. The van der Waals surface area contributed by atoms with Gasteiger partial charge in [0.2, 0.25) is 18.7 Å². The van der Waals surface area contributed by atoms with Gasteiger partial charge in [-0.05, 0) is 48.7 Å². The molecule has 188 valence electrons. The molecule has 0 aliphatic carbocycles. The van der Waals surface area contributed by atoms with Gasteiger partial charge in [-0.15, -0.1) is 0 Å². The van der Waals surface area contributed by atoms with Crippen molar-refractivity contribution in [2.75, 3.05) is 19.3 Å². The molecule has 1 unspecified atom stereocenters. The van der Waals surface area contributed by atoms with Crippen molar-refractivity contribution in [3.63, 3.8) is 0 Å². The van der Waals surface area contributed by atoms with Gasteiger partial charge >= 0.3 is 0 Å². The third-order valence-electron chi connectivity index (χ3n) is 6.06. The summed E-state index contributed by atoms with van der Waals surface area (Å²) < 4.78 is 23.0. The molecular formula is C27H34FN3O4. The van der Waals surface area contributed by atoms with Gasteiger partial charge in [0.05, 0.1) is 19.4 Å². The zero-order valence-electron chi connectivity index (χ0n) is 20.7. The molecule has 2 amide bonds. The Labute approximate surface area is 206 Å². The Morgan fingerprint density at radius 2 is 1.91 bits per heavy atom. The normalized spacial score (nSPS) is 15.5. The zero-order chi connectivity index (χ0) is 25.2. The minimum absolute atomic E-state index is 0.00983. The lowest BCUT2D eigenvalue weighted by Crippen LogP contribution is -2.36. The number of alkyl halides is 1. The fourth-order valence-corrected chi connectivity index (χ4v) is 4.07. The van der Waals surface area contributed by atoms with Gasteiger partial charge in [0.25, 0.3) is 0 Å². The molecule has 1 N–H and O–H groups in total. The van der Waals surface area contributed by atoms with Gasteiger partial charge in [-0.2, -0.15) is 5.10 Å². The van der Waals surface area contributed by atoms with Crippen molar-refractivity contribution in [1.29, 1.82) is 0 Å². The second-order valence-corrected chi connectivity index (χ2v) is 8.57. The number of anilines is 1. The maximum atomic E-state index is 12.8. The zero-order valence-corrected chi connectivity index (χ0v) is 20.7. The van der Waals surface area contributed by atoms with E-state index in [-0.39, 0.29) is 17.7 Å². The number of benzene rings is 2. The van der Waals surface area contributed by atoms with Crippen LogP contribution in [0, 0.1) is 5.92 Å². The number of hydrogen-bond donors (Lipinski definition) is 1. The predicted molar refractivity (Wildman–Crippen MR) is 134 cm³/mol. The number of nitrogens with zero attached hydrogens (tertiary/aromatic N) is 2. The SMILES string of the molecule is CCCCCC(=O)Nc1ccc(CN2N=C(c3ccc(OCF)c(OC)c3)C(CC)CC2=O)cc1. The fourth-order valence-electron chi connectivity index (χ4n) is 4.07. The summed E-state index contributed by atoms with van der Waals surface area (Å²) in [6, 6.07) is 12.7. The summed E-state index contributed by atoms with van der Waals surface area (Å²) in [7, 11) is 1.50. The highest BCUT2D eigenvalue weighted by Gasteiger charge is 2.29. The third-order valence-corrected chi connectivity index (χ3v) is 6.06. The first-order valence-electron chi connectivity index (χ1n) is 12.1. The molecule has 8 heteroatoms. The lowest BCUT2D eigenvalue weighted by molar-refractivity contribution is -0.133. The summed E-state index contributed by atoms with van der Waals surface area (Å²) in [4.78, 5) is 24.9. The molecule has 1 aliphatic rings. The lowest BCUT2D eigenvalue weighted by atomic mass is 9.89. The van der Waals surface area contributed by atoms with Crippen LogP contribution < -0.4 is 14.8 Å². The van der Waals surface area contributed by atoms with E-state index >= 15 is 0 Å². The summed E-state index contributed by atoms with van der Waals surface area (Å²) in [6.07, 6.45) is 4.63. The molecule has 7 nitrogen and oxygen atoms in total. The van der Waals surface area contributed by atoms with Gasteiger partial charge in [-0.1, -0.05) is 38.8 Å². The van der Waals surface area contributed by atoms with Crippen LogP contribution in [0.3, 0.4) is 0 Å². The first kappa shape index (κ1) is 26.2. The summed E-state index contributed by atoms with van der Waals surface area (Å²) in [5, 5.41) is 9.10. The van der Waals surface area contributed by atoms with E-state index in [1.165, 1.54) is 12.1 Å². The molecule has 2 aromatic rings. The Balaban J connectivity index is 1.75. The van der Waals surface area contributed by atoms with Crippen molar-refractivity contribution in [2.24, 2.45) is 11.0 Å². The molecule has 2 aromatic carbocycles.